The highest BCUT2D eigenvalue weighted by Gasteiger charge is 1.97. The highest BCUT2D eigenvalue weighted by Crippen LogP contribution is 2.19. The van der Waals surface area contributed by atoms with E-state index in [1.54, 1.807) is 23.9 Å². The monoisotopic (exact) mass is 277 g/mol. The molecule has 0 spiro atoms. The van der Waals surface area contributed by atoms with Gasteiger partial charge in [0.1, 0.15) is 11.6 Å². The third-order valence-corrected chi connectivity index (χ3v) is 3.62. The van der Waals surface area contributed by atoms with E-state index < -0.39 is 0 Å². The van der Waals surface area contributed by atoms with Crippen LogP contribution >= 0.6 is 11.8 Å². The zero-order chi connectivity index (χ0) is 13.5. The lowest BCUT2D eigenvalue weighted by Gasteiger charge is -2.06. The first kappa shape index (κ1) is 13.7. The van der Waals surface area contributed by atoms with Gasteiger partial charge < -0.3 is 10.5 Å². The lowest BCUT2D eigenvalue weighted by atomic mass is 10.3. The first-order chi connectivity index (χ1) is 9.24. The summed E-state index contributed by atoms with van der Waals surface area (Å²) in [6, 6.07) is 13.9. The SMILES string of the molecule is Nc1ccc(OCCCSc2ccc(F)cc2)cc1. The van der Waals surface area contributed by atoms with Crippen molar-refractivity contribution >= 4 is 17.4 Å². The van der Waals surface area contributed by atoms with Crippen LogP contribution in [0.1, 0.15) is 6.42 Å². The molecule has 0 aliphatic carbocycles. The van der Waals surface area contributed by atoms with Gasteiger partial charge in [0.05, 0.1) is 6.61 Å². The van der Waals surface area contributed by atoms with E-state index in [0.29, 0.717) is 6.61 Å². The first-order valence-corrected chi connectivity index (χ1v) is 7.09. The Labute approximate surface area is 116 Å². The van der Waals surface area contributed by atoms with Crippen LogP contribution in [-0.2, 0) is 0 Å². The minimum absolute atomic E-state index is 0.198. The second-order valence-corrected chi connectivity index (χ2v) is 5.24. The Hall–Kier alpha value is -1.68. The zero-order valence-electron chi connectivity index (χ0n) is 10.5. The quantitative estimate of drug-likeness (QED) is 0.493. The average molecular weight is 277 g/mol. The molecule has 0 heterocycles. The minimum atomic E-state index is -0.198. The van der Waals surface area contributed by atoms with Crippen LogP contribution in [0.15, 0.2) is 53.4 Å². The molecule has 0 amide bonds. The van der Waals surface area contributed by atoms with Crippen LogP contribution in [0.5, 0.6) is 5.75 Å². The largest absolute Gasteiger partial charge is 0.494 e. The number of thioether (sulfide) groups is 1. The molecule has 0 aliphatic rings. The third-order valence-electron chi connectivity index (χ3n) is 2.52. The average Bonchev–Trinajstić information content (AvgIpc) is 2.43. The summed E-state index contributed by atoms with van der Waals surface area (Å²) in [6.07, 6.45) is 0.937. The van der Waals surface area contributed by atoms with Crippen molar-refractivity contribution in [2.75, 3.05) is 18.1 Å². The highest BCUT2D eigenvalue weighted by atomic mass is 32.2. The number of ether oxygens (including phenoxy) is 1. The van der Waals surface area contributed by atoms with Crippen molar-refractivity contribution in [1.82, 2.24) is 0 Å². The number of hydrogen-bond acceptors (Lipinski definition) is 3. The number of nitrogens with two attached hydrogens (primary N) is 1. The molecule has 0 aromatic heterocycles. The van der Waals surface area contributed by atoms with Crippen molar-refractivity contribution in [3.63, 3.8) is 0 Å². The lowest BCUT2D eigenvalue weighted by molar-refractivity contribution is 0.319. The van der Waals surface area contributed by atoms with E-state index in [0.717, 1.165) is 28.5 Å². The molecule has 2 nitrogen and oxygen atoms in total. The second kappa shape index (κ2) is 7.04. The fourth-order valence-electron chi connectivity index (χ4n) is 1.53. The Morgan fingerprint density at radius 3 is 2.37 bits per heavy atom. The summed E-state index contributed by atoms with van der Waals surface area (Å²) in [4.78, 5) is 1.08. The first-order valence-electron chi connectivity index (χ1n) is 6.11. The smallest absolute Gasteiger partial charge is 0.123 e. The van der Waals surface area contributed by atoms with Crippen LogP contribution in [0.2, 0.25) is 0 Å². The summed E-state index contributed by atoms with van der Waals surface area (Å²) < 4.78 is 18.3. The van der Waals surface area contributed by atoms with E-state index in [2.05, 4.69) is 0 Å². The van der Waals surface area contributed by atoms with Crippen LogP contribution in [0.3, 0.4) is 0 Å². The molecule has 0 unspecified atom stereocenters. The van der Waals surface area contributed by atoms with Gasteiger partial charge in [-0.1, -0.05) is 0 Å². The molecule has 2 N–H and O–H groups in total. The topological polar surface area (TPSA) is 35.2 Å². The predicted octanol–water partition coefficient (Wildman–Crippen LogP) is 3.97. The summed E-state index contributed by atoms with van der Waals surface area (Å²) in [5.41, 5.74) is 6.33. The van der Waals surface area contributed by atoms with E-state index in [4.69, 9.17) is 10.5 Å². The summed E-state index contributed by atoms with van der Waals surface area (Å²) in [6.45, 7) is 0.665. The van der Waals surface area contributed by atoms with Gasteiger partial charge in [-0.2, -0.15) is 0 Å². The Kier molecular flexibility index (Phi) is 5.10. The van der Waals surface area contributed by atoms with E-state index in [-0.39, 0.29) is 5.82 Å². The number of rotatable bonds is 6. The summed E-state index contributed by atoms with van der Waals surface area (Å²) >= 11 is 1.70. The summed E-state index contributed by atoms with van der Waals surface area (Å²) in [5, 5.41) is 0. The molecular formula is C15H16FNOS. The maximum atomic E-state index is 12.7. The number of halogens is 1. The van der Waals surface area contributed by atoms with Gasteiger partial charge in [0.15, 0.2) is 0 Å². The zero-order valence-corrected chi connectivity index (χ0v) is 11.3. The number of hydrogen-bond donors (Lipinski definition) is 1. The number of anilines is 1. The van der Waals surface area contributed by atoms with Crippen molar-refractivity contribution in [3.05, 3.63) is 54.3 Å². The third kappa shape index (κ3) is 4.83. The molecule has 4 heteroatoms. The van der Waals surface area contributed by atoms with Crippen molar-refractivity contribution in [1.29, 1.82) is 0 Å². The van der Waals surface area contributed by atoms with E-state index in [9.17, 15) is 4.39 Å². The summed E-state index contributed by atoms with van der Waals surface area (Å²) in [7, 11) is 0. The van der Waals surface area contributed by atoms with E-state index >= 15 is 0 Å². The molecule has 2 aromatic carbocycles. The lowest BCUT2D eigenvalue weighted by Crippen LogP contribution is -1.98. The molecule has 0 saturated carbocycles. The van der Waals surface area contributed by atoms with Crippen molar-refractivity contribution < 1.29 is 9.13 Å². The molecule has 0 fully saturated rings. The van der Waals surface area contributed by atoms with Crippen LogP contribution in [-0.4, -0.2) is 12.4 Å². The number of nitrogen functional groups attached to an aromatic ring is 1. The molecule has 0 atom stereocenters. The number of benzene rings is 2. The molecule has 0 saturated heterocycles. The van der Waals surface area contributed by atoms with Gasteiger partial charge in [0.2, 0.25) is 0 Å². The highest BCUT2D eigenvalue weighted by molar-refractivity contribution is 7.99. The van der Waals surface area contributed by atoms with E-state index in [1.807, 2.05) is 24.3 Å². The van der Waals surface area contributed by atoms with Gasteiger partial charge in [-0.05, 0) is 55.0 Å². The Morgan fingerprint density at radius 2 is 1.68 bits per heavy atom. The van der Waals surface area contributed by atoms with Gasteiger partial charge in [0, 0.05) is 16.3 Å². The van der Waals surface area contributed by atoms with Gasteiger partial charge in [-0.15, -0.1) is 11.8 Å². The molecule has 0 radical (unpaired) electrons. The van der Waals surface area contributed by atoms with Crippen LogP contribution < -0.4 is 10.5 Å². The minimum Gasteiger partial charge on any atom is -0.494 e. The molecule has 2 rings (SSSR count). The summed E-state index contributed by atoms with van der Waals surface area (Å²) in [5.74, 6) is 1.58. The molecule has 0 bridgehead atoms. The van der Waals surface area contributed by atoms with Crippen molar-refractivity contribution in [2.45, 2.75) is 11.3 Å². The second-order valence-electron chi connectivity index (χ2n) is 4.07. The van der Waals surface area contributed by atoms with Crippen molar-refractivity contribution in [2.24, 2.45) is 0 Å². The predicted molar refractivity (Wildman–Crippen MR) is 78.1 cm³/mol. The Balaban J connectivity index is 1.64. The van der Waals surface area contributed by atoms with E-state index in [1.165, 1.54) is 12.1 Å². The van der Waals surface area contributed by atoms with Gasteiger partial charge in [-0.3, -0.25) is 0 Å². The molecular weight excluding hydrogens is 261 g/mol. The standard InChI is InChI=1S/C15H16FNOS/c16-12-2-8-15(9-3-12)19-11-1-10-18-14-6-4-13(17)5-7-14/h2-9H,1,10-11,17H2. The molecule has 19 heavy (non-hydrogen) atoms. The van der Waals surface area contributed by atoms with Crippen LogP contribution in [0.4, 0.5) is 10.1 Å². The Bertz CT molecular complexity index is 451. The maximum Gasteiger partial charge on any atom is 0.123 e. The maximum absolute atomic E-state index is 12.7. The van der Waals surface area contributed by atoms with Gasteiger partial charge in [-0.25, -0.2) is 4.39 Å². The molecule has 100 valence electrons. The van der Waals surface area contributed by atoms with Crippen molar-refractivity contribution in [3.8, 4) is 5.75 Å². The fraction of sp³-hybridized carbons (Fsp3) is 0.200. The fourth-order valence-corrected chi connectivity index (χ4v) is 2.36. The van der Waals surface area contributed by atoms with Crippen LogP contribution in [0.25, 0.3) is 0 Å². The van der Waals surface area contributed by atoms with Gasteiger partial charge >= 0.3 is 0 Å². The molecule has 0 aliphatic heterocycles. The van der Waals surface area contributed by atoms with Gasteiger partial charge in [0.25, 0.3) is 0 Å². The Morgan fingerprint density at radius 1 is 1.00 bits per heavy atom. The van der Waals surface area contributed by atoms with Crippen LogP contribution in [0, 0.1) is 5.82 Å². The normalized spacial score (nSPS) is 10.4. The molecule has 2 aromatic rings.